The molecule has 8 heteroatoms. The number of hydrogen-bond acceptors (Lipinski definition) is 4. The Balaban J connectivity index is 2.00. The number of amides is 1. The van der Waals surface area contributed by atoms with E-state index in [2.05, 4.69) is 5.32 Å². The second kappa shape index (κ2) is 8.40. The van der Waals surface area contributed by atoms with Gasteiger partial charge in [0.15, 0.2) is 0 Å². The Morgan fingerprint density at radius 1 is 1.32 bits per heavy atom. The van der Waals surface area contributed by atoms with Crippen molar-refractivity contribution in [2.24, 2.45) is 0 Å². The molecule has 2 aromatic rings. The summed E-state index contributed by atoms with van der Waals surface area (Å²) in [5.41, 5.74) is 0.355. The van der Waals surface area contributed by atoms with Gasteiger partial charge in [-0.25, -0.2) is 8.42 Å². The molecule has 6 nitrogen and oxygen atoms in total. The lowest BCUT2D eigenvalue weighted by atomic mass is 10.2. The number of aryl methyl sites for hydroxylation is 1. The van der Waals surface area contributed by atoms with Crippen LogP contribution in [0.25, 0.3) is 0 Å². The maximum atomic E-state index is 12.4. The molecule has 1 heterocycles. The smallest absolute Gasteiger partial charge is 0.243 e. The van der Waals surface area contributed by atoms with Gasteiger partial charge in [0.2, 0.25) is 15.9 Å². The van der Waals surface area contributed by atoms with E-state index in [0.717, 1.165) is 16.3 Å². The molecule has 1 aromatic heterocycles. The number of hydrogen-bond donors (Lipinski definition) is 1. The minimum Gasteiger partial charge on any atom is -0.469 e. The fraction of sp³-hybridized carbons (Fsp3) is 0.353. The van der Waals surface area contributed by atoms with Crippen LogP contribution in [0, 0.1) is 0 Å². The van der Waals surface area contributed by atoms with Crippen LogP contribution >= 0.6 is 11.6 Å². The molecule has 0 radical (unpaired) electrons. The van der Waals surface area contributed by atoms with Crippen molar-refractivity contribution < 1.29 is 17.6 Å². The van der Waals surface area contributed by atoms with Crippen LogP contribution < -0.4 is 9.62 Å². The molecule has 0 bridgehead atoms. The molecule has 0 saturated heterocycles. The third kappa shape index (κ3) is 5.51. The van der Waals surface area contributed by atoms with E-state index in [1.54, 1.807) is 31.4 Å². The monoisotopic (exact) mass is 384 g/mol. The molecule has 0 spiro atoms. The van der Waals surface area contributed by atoms with Gasteiger partial charge in [0.25, 0.3) is 0 Å². The van der Waals surface area contributed by atoms with Gasteiger partial charge in [-0.15, -0.1) is 0 Å². The first-order valence-electron chi connectivity index (χ1n) is 7.84. The third-order valence-corrected chi connectivity index (χ3v) is 5.11. The second-order valence-electron chi connectivity index (χ2n) is 5.69. The summed E-state index contributed by atoms with van der Waals surface area (Å²) in [6.45, 7) is 1.97. The number of halogens is 1. The number of carbonyl (C=O) groups is 1. The van der Waals surface area contributed by atoms with Crippen molar-refractivity contribution in [2.45, 2.75) is 25.8 Å². The second-order valence-corrected chi connectivity index (χ2v) is 7.98. The maximum absolute atomic E-state index is 12.4. The average Bonchev–Trinajstić information content (AvgIpc) is 3.03. The van der Waals surface area contributed by atoms with Crippen molar-refractivity contribution in [3.63, 3.8) is 0 Å². The van der Waals surface area contributed by atoms with Crippen molar-refractivity contribution in [3.05, 3.63) is 53.4 Å². The fourth-order valence-electron chi connectivity index (χ4n) is 2.50. The highest BCUT2D eigenvalue weighted by atomic mass is 35.5. The Hall–Kier alpha value is -1.99. The Labute approximate surface area is 152 Å². The van der Waals surface area contributed by atoms with Crippen molar-refractivity contribution >= 4 is 33.2 Å². The van der Waals surface area contributed by atoms with Crippen LogP contribution in [-0.2, 0) is 21.2 Å². The van der Waals surface area contributed by atoms with Crippen molar-refractivity contribution in [2.75, 3.05) is 17.1 Å². The first-order chi connectivity index (χ1) is 11.8. The normalized spacial score (nSPS) is 12.6. The summed E-state index contributed by atoms with van der Waals surface area (Å²) in [4.78, 5) is 12.4. The number of sulfonamides is 1. The summed E-state index contributed by atoms with van der Waals surface area (Å²) >= 11 is 5.94. The van der Waals surface area contributed by atoms with Gasteiger partial charge in [0.05, 0.1) is 18.2 Å². The van der Waals surface area contributed by atoms with Gasteiger partial charge in [-0.3, -0.25) is 9.10 Å². The van der Waals surface area contributed by atoms with Crippen LogP contribution in [0.4, 0.5) is 5.69 Å². The quantitative estimate of drug-likeness (QED) is 0.710. The molecule has 1 amide bonds. The number of furan rings is 1. The van der Waals surface area contributed by atoms with Gasteiger partial charge >= 0.3 is 0 Å². The predicted octanol–water partition coefficient (Wildman–Crippen LogP) is 2.84. The molecule has 25 heavy (non-hydrogen) atoms. The lowest BCUT2D eigenvalue weighted by molar-refractivity contribution is -0.121. The summed E-state index contributed by atoms with van der Waals surface area (Å²) < 4.78 is 30.6. The minimum atomic E-state index is -3.65. The highest BCUT2D eigenvalue weighted by molar-refractivity contribution is 7.92. The van der Waals surface area contributed by atoms with Gasteiger partial charge in [-0.05, 0) is 43.7 Å². The standard InChI is InChI=1S/C17H21ClN2O4S/c1-13(17(21)19-10-4-8-16-9-5-11-24-16)20(25(2,22)23)15-7-3-6-14(18)12-15/h3,5-7,9,11-13H,4,8,10H2,1-2H3,(H,19,21). The summed E-state index contributed by atoms with van der Waals surface area (Å²) in [6, 6.07) is 9.20. The van der Waals surface area contributed by atoms with E-state index >= 15 is 0 Å². The number of benzene rings is 1. The number of nitrogens with one attached hydrogen (secondary N) is 1. The fourth-order valence-corrected chi connectivity index (χ4v) is 3.85. The van der Waals surface area contributed by atoms with Crippen molar-refractivity contribution in [1.82, 2.24) is 5.32 Å². The van der Waals surface area contributed by atoms with Gasteiger partial charge in [-0.2, -0.15) is 0 Å². The molecule has 1 atom stereocenters. The topological polar surface area (TPSA) is 79.6 Å². The van der Waals surface area contributed by atoms with Crippen LogP contribution in [0.15, 0.2) is 47.1 Å². The van der Waals surface area contributed by atoms with E-state index < -0.39 is 16.1 Å². The number of nitrogens with zero attached hydrogens (tertiary/aromatic N) is 1. The zero-order valence-electron chi connectivity index (χ0n) is 14.1. The molecule has 0 aliphatic rings. The highest BCUT2D eigenvalue weighted by Gasteiger charge is 2.28. The van der Waals surface area contributed by atoms with E-state index in [9.17, 15) is 13.2 Å². The van der Waals surface area contributed by atoms with Crippen LogP contribution in [0.2, 0.25) is 5.02 Å². The van der Waals surface area contributed by atoms with E-state index in [-0.39, 0.29) is 5.91 Å². The van der Waals surface area contributed by atoms with Gasteiger partial charge in [0.1, 0.15) is 11.8 Å². The van der Waals surface area contributed by atoms with E-state index in [1.807, 2.05) is 12.1 Å². The number of carbonyl (C=O) groups excluding carboxylic acids is 1. The van der Waals surface area contributed by atoms with Gasteiger partial charge in [0, 0.05) is 18.0 Å². The zero-order chi connectivity index (χ0) is 18.4. The Bertz CT molecular complexity index is 806. The summed E-state index contributed by atoms with van der Waals surface area (Å²) in [5.74, 6) is 0.476. The zero-order valence-corrected chi connectivity index (χ0v) is 15.7. The Kier molecular flexibility index (Phi) is 6.50. The van der Waals surface area contributed by atoms with E-state index in [0.29, 0.717) is 30.1 Å². The molecule has 0 fully saturated rings. The molecule has 1 N–H and O–H groups in total. The number of rotatable bonds is 8. The Morgan fingerprint density at radius 3 is 2.68 bits per heavy atom. The van der Waals surface area contributed by atoms with Crippen molar-refractivity contribution in [1.29, 1.82) is 0 Å². The molecule has 0 saturated carbocycles. The molecular formula is C17H21ClN2O4S. The number of anilines is 1. The molecule has 0 aliphatic carbocycles. The van der Waals surface area contributed by atoms with E-state index in [1.165, 1.54) is 6.07 Å². The van der Waals surface area contributed by atoms with Gasteiger partial charge < -0.3 is 9.73 Å². The largest absolute Gasteiger partial charge is 0.469 e. The summed E-state index contributed by atoms with van der Waals surface area (Å²) in [7, 11) is -3.65. The Morgan fingerprint density at radius 2 is 2.08 bits per heavy atom. The molecule has 1 unspecified atom stereocenters. The molecule has 0 aliphatic heterocycles. The summed E-state index contributed by atoms with van der Waals surface area (Å²) in [6.07, 6.45) is 4.06. The lowest BCUT2D eigenvalue weighted by Gasteiger charge is -2.28. The van der Waals surface area contributed by atoms with Gasteiger partial charge in [-0.1, -0.05) is 17.7 Å². The molecular weight excluding hydrogens is 364 g/mol. The van der Waals surface area contributed by atoms with Crippen molar-refractivity contribution in [3.8, 4) is 0 Å². The summed E-state index contributed by atoms with van der Waals surface area (Å²) in [5, 5.41) is 3.16. The highest BCUT2D eigenvalue weighted by Crippen LogP contribution is 2.24. The average molecular weight is 385 g/mol. The van der Waals surface area contributed by atoms with Crippen LogP contribution in [-0.4, -0.2) is 33.2 Å². The van der Waals surface area contributed by atoms with Crippen LogP contribution in [0.3, 0.4) is 0 Å². The molecule has 2 rings (SSSR count). The molecule has 136 valence electrons. The first kappa shape index (κ1) is 19.3. The van der Waals surface area contributed by atoms with Crippen LogP contribution in [0.1, 0.15) is 19.1 Å². The van der Waals surface area contributed by atoms with E-state index in [4.69, 9.17) is 16.0 Å². The molecule has 1 aromatic carbocycles. The van der Waals surface area contributed by atoms with Crippen LogP contribution in [0.5, 0.6) is 0 Å². The minimum absolute atomic E-state index is 0.355. The lowest BCUT2D eigenvalue weighted by Crippen LogP contribution is -2.48. The SMILES string of the molecule is CC(C(=O)NCCCc1ccco1)N(c1cccc(Cl)c1)S(C)(=O)=O. The maximum Gasteiger partial charge on any atom is 0.243 e. The predicted molar refractivity (Wildman–Crippen MR) is 98.3 cm³/mol. The first-order valence-corrected chi connectivity index (χ1v) is 10.1. The third-order valence-electron chi connectivity index (χ3n) is 3.63.